The molecule has 0 unspecified atom stereocenters. The molecule has 4 nitrogen and oxygen atoms in total. The van der Waals surface area contributed by atoms with Gasteiger partial charge in [0.15, 0.2) is 0 Å². The fourth-order valence-electron chi connectivity index (χ4n) is 1.48. The van der Waals surface area contributed by atoms with Crippen LogP contribution in [0.4, 0.5) is 0 Å². The molecule has 2 rings (SSSR count). The van der Waals surface area contributed by atoms with Crippen LogP contribution in [0.25, 0.3) is 0 Å². The first-order valence-corrected chi connectivity index (χ1v) is 4.67. The molecule has 1 aliphatic heterocycles. The standard InChI is InChI=1S/C10H13NO3/c1-13-10(12)9-3-2-8(14-9)4-7-5-11-6-7/h2-3,7,11H,4-6H2,1H3. The third-order valence-electron chi connectivity index (χ3n) is 2.40. The van der Waals surface area contributed by atoms with Crippen molar-refractivity contribution in [2.75, 3.05) is 20.2 Å². The summed E-state index contributed by atoms with van der Waals surface area (Å²) in [6, 6.07) is 3.50. The lowest BCUT2D eigenvalue weighted by Gasteiger charge is -2.25. The van der Waals surface area contributed by atoms with Gasteiger partial charge in [-0.05, 0) is 31.1 Å². The molecule has 76 valence electrons. The Kier molecular flexibility index (Phi) is 2.54. The Balaban J connectivity index is 1.98. The van der Waals surface area contributed by atoms with E-state index < -0.39 is 5.97 Å². The summed E-state index contributed by atoms with van der Waals surface area (Å²) in [6.45, 7) is 2.07. The maximum Gasteiger partial charge on any atom is 0.373 e. The predicted molar refractivity (Wildman–Crippen MR) is 50.1 cm³/mol. The highest BCUT2D eigenvalue weighted by Gasteiger charge is 2.19. The summed E-state index contributed by atoms with van der Waals surface area (Å²) in [6.07, 6.45) is 0.893. The molecule has 1 saturated heterocycles. The number of hydrogen-bond donors (Lipinski definition) is 1. The number of carbonyl (C=O) groups is 1. The molecule has 1 aliphatic rings. The van der Waals surface area contributed by atoms with Gasteiger partial charge in [0.1, 0.15) is 5.76 Å². The smallest absolute Gasteiger partial charge is 0.373 e. The van der Waals surface area contributed by atoms with Crippen molar-refractivity contribution < 1.29 is 13.9 Å². The normalized spacial score (nSPS) is 16.4. The van der Waals surface area contributed by atoms with Crippen LogP contribution < -0.4 is 5.32 Å². The first-order chi connectivity index (χ1) is 6.79. The van der Waals surface area contributed by atoms with Crippen molar-refractivity contribution in [2.24, 2.45) is 5.92 Å². The predicted octanol–water partition coefficient (Wildman–Crippen LogP) is 0.828. The van der Waals surface area contributed by atoms with Crippen LogP contribution in [0, 0.1) is 5.92 Å². The number of ether oxygens (including phenoxy) is 1. The van der Waals surface area contributed by atoms with Crippen LogP contribution in [-0.4, -0.2) is 26.2 Å². The van der Waals surface area contributed by atoms with Crippen LogP contribution in [-0.2, 0) is 11.2 Å². The van der Waals surface area contributed by atoms with Crippen molar-refractivity contribution >= 4 is 5.97 Å². The molecule has 0 atom stereocenters. The third kappa shape index (κ3) is 1.80. The summed E-state index contributed by atoms with van der Waals surface area (Å²) in [5.41, 5.74) is 0. The van der Waals surface area contributed by atoms with E-state index in [2.05, 4.69) is 10.1 Å². The minimum Gasteiger partial charge on any atom is -0.463 e. The molecule has 1 fully saturated rings. The Labute approximate surface area is 82.2 Å². The largest absolute Gasteiger partial charge is 0.463 e. The topological polar surface area (TPSA) is 51.5 Å². The minimum atomic E-state index is -0.414. The summed E-state index contributed by atoms with van der Waals surface area (Å²) in [5.74, 6) is 1.38. The number of furan rings is 1. The second-order valence-electron chi connectivity index (χ2n) is 3.49. The Hall–Kier alpha value is -1.29. The van der Waals surface area contributed by atoms with E-state index in [0.29, 0.717) is 5.92 Å². The molecule has 0 aromatic carbocycles. The van der Waals surface area contributed by atoms with Gasteiger partial charge < -0.3 is 14.5 Å². The van der Waals surface area contributed by atoms with E-state index in [-0.39, 0.29) is 5.76 Å². The van der Waals surface area contributed by atoms with Gasteiger partial charge in [-0.25, -0.2) is 4.79 Å². The minimum absolute atomic E-state index is 0.287. The van der Waals surface area contributed by atoms with E-state index in [0.717, 1.165) is 25.3 Å². The average Bonchev–Trinajstić information content (AvgIpc) is 2.58. The van der Waals surface area contributed by atoms with Gasteiger partial charge in [-0.3, -0.25) is 0 Å². The zero-order chi connectivity index (χ0) is 9.97. The Morgan fingerprint density at radius 1 is 1.64 bits per heavy atom. The first-order valence-electron chi connectivity index (χ1n) is 4.67. The lowest BCUT2D eigenvalue weighted by Crippen LogP contribution is -2.42. The van der Waals surface area contributed by atoms with Crippen LogP contribution in [0.15, 0.2) is 16.5 Å². The zero-order valence-electron chi connectivity index (χ0n) is 8.08. The quantitative estimate of drug-likeness (QED) is 0.726. The summed E-state index contributed by atoms with van der Waals surface area (Å²) in [5, 5.41) is 3.19. The lowest BCUT2D eigenvalue weighted by atomic mass is 9.98. The molecule has 0 aliphatic carbocycles. The van der Waals surface area contributed by atoms with Gasteiger partial charge in [-0.15, -0.1) is 0 Å². The molecule has 1 aromatic heterocycles. The second-order valence-corrected chi connectivity index (χ2v) is 3.49. The average molecular weight is 195 g/mol. The molecule has 1 N–H and O–H groups in total. The molecule has 1 aromatic rings. The van der Waals surface area contributed by atoms with Crippen molar-refractivity contribution in [3.05, 3.63) is 23.7 Å². The van der Waals surface area contributed by atoms with E-state index in [1.54, 1.807) is 6.07 Å². The summed E-state index contributed by atoms with van der Waals surface area (Å²) >= 11 is 0. The van der Waals surface area contributed by atoms with Crippen molar-refractivity contribution in [3.63, 3.8) is 0 Å². The maximum atomic E-state index is 11.1. The first kappa shape index (κ1) is 9.27. The van der Waals surface area contributed by atoms with E-state index in [1.165, 1.54) is 7.11 Å². The van der Waals surface area contributed by atoms with Gasteiger partial charge in [0.2, 0.25) is 5.76 Å². The van der Waals surface area contributed by atoms with Gasteiger partial charge in [0.05, 0.1) is 7.11 Å². The highest BCUT2D eigenvalue weighted by Crippen LogP contribution is 2.15. The number of methoxy groups -OCH3 is 1. The number of rotatable bonds is 3. The SMILES string of the molecule is COC(=O)c1ccc(CC2CNC2)o1. The molecule has 0 amide bonds. The van der Waals surface area contributed by atoms with E-state index in [9.17, 15) is 4.79 Å². The Morgan fingerprint density at radius 3 is 3.00 bits per heavy atom. The third-order valence-corrected chi connectivity index (χ3v) is 2.40. The molecule has 0 radical (unpaired) electrons. The Morgan fingerprint density at radius 2 is 2.43 bits per heavy atom. The van der Waals surface area contributed by atoms with Crippen LogP contribution >= 0.6 is 0 Å². The molecule has 0 spiro atoms. The van der Waals surface area contributed by atoms with Crippen LogP contribution in [0.1, 0.15) is 16.3 Å². The van der Waals surface area contributed by atoms with Gasteiger partial charge >= 0.3 is 5.97 Å². The number of esters is 1. The summed E-state index contributed by atoms with van der Waals surface area (Å²) in [4.78, 5) is 11.1. The molecule has 0 bridgehead atoms. The fraction of sp³-hybridized carbons (Fsp3) is 0.500. The zero-order valence-corrected chi connectivity index (χ0v) is 8.08. The van der Waals surface area contributed by atoms with Crippen molar-refractivity contribution in [3.8, 4) is 0 Å². The molecule has 14 heavy (non-hydrogen) atoms. The second kappa shape index (κ2) is 3.84. The highest BCUT2D eigenvalue weighted by molar-refractivity contribution is 5.86. The summed E-state index contributed by atoms with van der Waals surface area (Å²) < 4.78 is 9.89. The van der Waals surface area contributed by atoms with E-state index in [4.69, 9.17) is 4.42 Å². The monoisotopic (exact) mass is 195 g/mol. The van der Waals surface area contributed by atoms with Gasteiger partial charge in [0.25, 0.3) is 0 Å². The van der Waals surface area contributed by atoms with E-state index in [1.807, 2.05) is 6.07 Å². The fourth-order valence-corrected chi connectivity index (χ4v) is 1.48. The van der Waals surface area contributed by atoms with Gasteiger partial charge in [0, 0.05) is 6.42 Å². The molecule has 0 saturated carbocycles. The number of carbonyl (C=O) groups excluding carboxylic acids is 1. The van der Waals surface area contributed by atoms with E-state index >= 15 is 0 Å². The highest BCUT2D eigenvalue weighted by atomic mass is 16.5. The number of nitrogens with one attached hydrogen (secondary N) is 1. The van der Waals surface area contributed by atoms with Gasteiger partial charge in [-0.2, -0.15) is 0 Å². The van der Waals surface area contributed by atoms with Crippen LogP contribution in [0.2, 0.25) is 0 Å². The molecule has 4 heteroatoms. The maximum absolute atomic E-state index is 11.1. The van der Waals surface area contributed by atoms with Crippen molar-refractivity contribution in [1.29, 1.82) is 0 Å². The van der Waals surface area contributed by atoms with Crippen molar-refractivity contribution in [1.82, 2.24) is 5.32 Å². The molecule has 2 heterocycles. The lowest BCUT2D eigenvalue weighted by molar-refractivity contribution is 0.0562. The number of hydrogen-bond acceptors (Lipinski definition) is 4. The molecular weight excluding hydrogens is 182 g/mol. The summed E-state index contributed by atoms with van der Waals surface area (Å²) in [7, 11) is 1.35. The van der Waals surface area contributed by atoms with Crippen LogP contribution in [0.5, 0.6) is 0 Å². The van der Waals surface area contributed by atoms with Gasteiger partial charge in [-0.1, -0.05) is 0 Å². The van der Waals surface area contributed by atoms with Crippen molar-refractivity contribution in [2.45, 2.75) is 6.42 Å². The Bertz CT molecular complexity index is 328. The molecular formula is C10H13NO3. The van der Waals surface area contributed by atoms with Crippen LogP contribution in [0.3, 0.4) is 0 Å².